The zero-order chi connectivity index (χ0) is 10.0. The number of urea groups is 1. The molecule has 1 saturated heterocycles. The van der Waals surface area contributed by atoms with Gasteiger partial charge in [-0.3, -0.25) is 19.8 Å². The second kappa shape index (κ2) is 3.53. The molecule has 1 rings (SSSR count). The minimum Gasteiger partial charge on any atom is -0.308 e. The zero-order valence-electron chi connectivity index (χ0n) is 7.53. The molecule has 0 radical (unpaired) electrons. The molecule has 13 heavy (non-hydrogen) atoms. The SMILES string of the molecule is CN(C)CCN1C(=O)NC(=O)C1=O. The van der Waals surface area contributed by atoms with E-state index in [9.17, 15) is 14.4 Å². The molecule has 1 N–H and O–H groups in total. The van der Waals surface area contributed by atoms with Crippen LogP contribution >= 0.6 is 0 Å². The van der Waals surface area contributed by atoms with E-state index < -0.39 is 17.8 Å². The average Bonchev–Trinajstić information content (AvgIpc) is 2.24. The van der Waals surface area contributed by atoms with Crippen LogP contribution in [0.5, 0.6) is 0 Å². The number of carbonyl (C=O) groups is 3. The Hall–Kier alpha value is -1.43. The van der Waals surface area contributed by atoms with Gasteiger partial charge in [-0.15, -0.1) is 0 Å². The van der Waals surface area contributed by atoms with Crippen LogP contribution in [0.2, 0.25) is 0 Å². The third-order valence-electron chi connectivity index (χ3n) is 1.68. The third-order valence-corrected chi connectivity index (χ3v) is 1.68. The minimum absolute atomic E-state index is 0.239. The van der Waals surface area contributed by atoms with Crippen LogP contribution < -0.4 is 5.32 Å². The maximum Gasteiger partial charge on any atom is 0.331 e. The summed E-state index contributed by atoms with van der Waals surface area (Å²) in [5.74, 6) is -1.62. The highest BCUT2D eigenvalue weighted by atomic mass is 16.2. The number of hydrogen-bond acceptors (Lipinski definition) is 4. The van der Waals surface area contributed by atoms with Crippen molar-refractivity contribution >= 4 is 17.8 Å². The predicted octanol–water partition coefficient (Wildman–Crippen LogP) is -1.37. The van der Waals surface area contributed by atoms with Crippen molar-refractivity contribution in [2.24, 2.45) is 0 Å². The summed E-state index contributed by atoms with van der Waals surface area (Å²) in [7, 11) is 3.64. The summed E-state index contributed by atoms with van der Waals surface area (Å²) in [5.41, 5.74) is 0. The maximum atomic E-state index is 11.0. The molecule has 0 atom stereocenters. The number of hydrogen-bond donors (Lipinski definition) is 1. The van der Waals surface area contributed by atoms with E-state index in [0.717, 1.165) is 4.90 Å². The lowest BCUT2D eigenvalue weighted by molar-refractivity contribution is -0.140. The Morgan fingerprint density at radius 1 is 1.31 bits per heavy atom. The first-order valence-electron chi connectivity index (χ1n) is 3.84. The molecular formula is C7H11N3O3. The molecule has 0 aromatic heterocycles. The van der Waals surface area contributed by atoms with Crippen molar-refractivity contribution in [1.82, 2.24) is 15.1 Å². The molecular weight excluding hydrogens is 174 g/mol. The summed E-state index contributed by atoms with van der Waals surface area (Å²) in [6.45, 7) is 0.788. The van der Waals surface area contributed by atoms with Crippen LogP contribution in [0.4, 0.5) is 4.79 Å². The van der Waals surface area contributed by atoms with E-state index in [2.05, 4.69) is 0 Å². The Labute approximate surface area is 75.5 Å². The average molecular weight is 185 g/mol. The van der Waals surface area contributed by atoms with Crippen molar-refractivity contribution in [3.8, 4) is 0 Å². The largest absolute Gasteiger partial charge is 0.331 e. The molecule has 0 aliphatic carbocycles. The monoisotopic (exact) mass is 185 g/mol. The van der Waals surface area contributed by atoms with E-state index in [1.807, 2.05) is 24.3 Å². The highest BCUT2D eigenvalue weighted by molar-refractivity contribution is 6.44. The van der Waals surface area contributed by atoms with Gasteiger partial charge in [-0.2, -0.15) is 0 Å². The summed E-state index contributed by atoms with van der Waals surface area (Å²) in [6, 6.07) is -0.628. The molecule has 1 aliphatic heterocycles. The number of amides is 4. The molecule has 0 unspecified atom stereocenters. The van der Waals surface area contributed by atoms with Crippen LogP contribution in [0.1, 0.15) is 0 Å². The van der Waals surface area contributed by atoms with Crippen molar-refractivity contribution in [2.75, 3.05) is 27.2 Å². The van der Waals surface area contributed by atoms with Gasteiger partial charge in [-0.1, -0.05) is 0 Å². The fraction of sp³-hybridized carbons (Fsp3) is 0.571. The van der Waals surface area contributed by atoms with E-state index in [1.54, 1.807) is 0 Å². The van der Waals surface area contributed by atoms with Crippen LogP contribution in [0.3, 0.4) is 0 Å². The predicted molar refractivity (Wildman–Crippen MR) is 43.8 cm³/mol. The van der Waals surface area contributed by atoms with Gasteiger partial charge in [-0.25, -0.2) is 4.79 Å². The molecule has 0 saturated carbocycles. The van der Waals surface area contributed by atoms with E-state index in [1.165, 1.54) is 0 Å². The standard InChI is InChI=1S/C7H11N3O3/c1-9(2)3-4-10-6(12)5(11)8-7(10)13/h3-4H2,1-2H3,(H,8,11,13). The summed E-state index contributed by atoms with van der Waals surface area (Å²) in [4.78, 5) is 35.4. The number of rotatable bonds is 3. The fourth-order valence-electron chi connectivity index (χ4n) is 0.936. The zero-order valence-corrected chi connectivity index (χ0v) is 7.53. The Kier molecular flexibility index (Phi) is 2.62. The lowest BCUT2D eigenvalue weighted by Gasteiger charge is -2.14. The van der Waals surface area contributed by atoms with Crippen molar-refractivity contribution in [2.45, 2.75) is 0 Å². The van der Waals surface area contributed by atoms with Crippen molar-refractivity contribution in [3.05, 3.63) is 0 Å². The van der Waals surface area contributed by atoms with Gasteiger partial charge >= 0.3 is 17.8 Å². The number of likely N-dealkylation sites (N-methyl/N-ethyl adjacent to an activating group) is 1. The Morgan fingerprint density at radius 2 is 1.92 bits per heavy atom. The summed E-state index contributed by atoms with van der Waals surface area (Å²) in [5, 5.41) is 1.92. The fourth-order valence-corrected chi connectivity index (χ4v) is 0.936. The van der Waals surface area contributed by atoms with Gasteiger partial charge in [0.1, 0.15) is 0 Å². The summed E-state index contributed by atoms with van der Waals surface area (Å²) in [6.07, 6.45) is 0. The molecule has 0 aromatic rings. The molecule has 6 heteroatoms. The lowest BCUT2D eigenvalue weighted by Crippen LogP contribution is -2.36. The molecule has 72 valence electrons. The number of imide groups is 2. The molecule has 1 fully saturated rings. The van der Waals surface area contributed by atoms with Crippen LogP contribution in [-0.2, 0) is 9.59 Å². The Balaban J connectivity index is 2.54. The number of carbonyl (C=O) groups excluding carboxylic acids is 3. The van der Waals surface area contributed by atoms with Crippen LogP contribution in [0.15, 0.2) is 0 Å². The second-order valence-electron chi connectivity index (χ2n) is 3.02. The van der Waals surface area contributed by atoms with Crippen molar-refractivity contribution < 1.29 is 14.4 Å². The highest BCUT2D eigenvalue weighted by Crippen LogP contribution is 1.99. The van der Waals surface area contributed by atoms with E-state index in [-0.39, 0.29) is 6.54 Å². The smallest absolute Gasteiger partial charge is 0.308 e. The number of nitrogens with one attached hydrogen (secondary N) is 1. The normalized spacial score (nSPS) is 17.2. The van der Waals surface area contributed by atoms with Crippen LogP contribution in [-0.4, -0.2) is 54.8 Å². The molecule has 4 amide bonds. The van der Waals surface area contributed by atoms with Gasteiger partial charge in [0.25, 0.3) is 0 Å². The van der Waals surface area contributed by atoms with Gasteiger partial charge in [0.15, 0.2) is 0 Å². The molecule has 1 heterocycles. The van der Waals surface area contributed by atoms with Gasteiger partial charge < -0.3 is 4.90 Å². The minimum atomic E-state index is -0.844. The molecule has 0 aromatic carbocycles. The first-order chi connectivity index (χ1) is 6.02. The topological polar surface area (TPSA) is 69.7 Å². The lowest BCUT2D eigenvalue weighted by atomic mass is 10.5. The number of nitrogens with zero attached hydrogens (tertiary/aromatic N) is 2. The molecule has 0 spiro atoms. The quantitative estimate of drug-likeness (QED) is 0.435. The van der Waals surface area contributed by atoms with Gasteiger partial charge in [0, 0.05) is 13.1 Å². The van der Waals surface area contributed by atoms with Crippen LogP contribution in [0, 0.1) is 0 Å². The van der Waals surface area contributed by atoms with Crippen LogP contribution in [0.25, 0.3) is 0 Å². The highest BCUT2D eigenvalue weighted by Gasteiger charge is 2.36. The van der Waals surface area contributed by atoms with Gasteiger partial charge in [-0.05, 0) is 14.1 Å². The second-order valence-corrected chi connectivity index (χ2v) is 3.02. The summed E-state index contributed by atoms with van der Waals surface area (Å²) >= 11 is 0. The maximum absolute atomic E-state index is 11.0. The molecule has 0 bridgehead atoms. The van der Waals surface area contributed by atoms with Crippen molar-refractivity contribution in [1.29, 1.82) is 0 Å². The molecule has 6 nitrogen and oxygen atoms in total. The Bertz CT molecular complexity index is 262. The van der Waals surface area contributed by atoms with Gasteiger partial charge in [0.2, 0.25) is 0 Å². The van der Waals surface area contributed by atoms with Crippen molar-refractivity contribution in [3.63, 3.8) is 0 Å². The molecule has 1 aliphatic rings. The third kappa shape index (κ3) is 2.03. The van der Waals surface area contributed by atoms with Gasteiger partial charge in [0.05, 0.1) is 0 Å². The first-order valence-corrected chi connectivity index (χ1v) is 3.84. The summed E-state index contributed by atoms with van der Waals surface area (Å²) < 4.78 is 0. The van der Waals surface area contributed by atoms with E-state index >= 15 is 0 Å². The Morgan fingerprint density at radius 3 is 2.31 bits per heavy atom. The van der Waals surface area contributed by atoms with E-state index in [0.29, 0.717) is 6.54 Å². The first kappa shape index (κ1) is 9.66. The van der Waals surface area contributed by atoms with E-state index in [4.69, 9.17) is 0 Å².